The van der Waals surface area contributed by atoms with Crippen molar-refractivity contribution >= 4 is 34.8 Å². The van der Waals surface area contributed by atoms with E-state index in [1.807, 2.05) is 0 Å². The van der Waals surface area contributed by atoms with Crippen LogP contribution < -0.4 is 39.9 Å². The summed E-state index contributed by atoms with van der Waals surface area (Å²) >= 11 is 5.75. The van der Waals surface area contributed by atoms with Crippen molar-refractivity contribution in [3.05, 3.63) is 103 Å². The molecule has 0 bridgehead atoms. The van der Waals surface area contributed by atoms with Gasteiger partial charge in [0, 0.05) is 5.88 Å². The van der Waals surface area contributed by atoms with Crippen molar-refractivity contribution < 1.29 is 24.0 Å². The second-order valence-corrected chi connectivity index (χ2v) is 13.0. The molecular weight excluding hydrogens is 578 g/mol. The van der Waals surface area contributed by atoms with Crippen LogP contribution in [0.25, 0.3) is 0 Å². The SMILES string of the molecule is ClCCCCCCCCCCCC=CC[P+](c1ccccc1)(c1ccccc1)c1ccccc1.[I-]. The fourth-order valence-corrected chi connectivity index (χ4v) is 8.98. The first-order chi connectivity index (χ1) is 16.9. The molecule has 0 aliphatic carbocycles. The van der Waals surface area contributed by atoms with Crippen LogP contribution in [0.15, 0.2) is 103 Å². The third kappa shape index (κ3) is 9.67. The maximum atomic E-state index is 5.75. The van der Waals surface area contributed by atoms with Gasteiger partial charge in [-0.15, -0.1) is 11.6 Å². The van der Waals surface area contributed by atoms with Crippen LogP contribution in [0.1, 0.15) is 64.2 Å². The Bertz CT molecular complexity index is 831. The second kappa shape index (κ2) is 18.1. The lowest BCUT2D eigenvalue weighted by atomic mass is 10.1. The number of benzene rings is 3. The second-order valence-electron chi connectivity index (χ2n) is 9.13. The van der Waals surface area contributed by atoms with Crippen LogP contribution in [0, 0.1) is 0 Å². The lowest BCUT2D eigenvalue weighted by Gasteiger charge is -2.26. The molecule has 0 saturated carbocycles. The van der Waals surface area contributed by atoms with E-state index in [0.29, 0.717) is 0 Å². The Hall–Kier alpha value is -1.15. The molecule has 0 saturated heterocycles. The average Bonchev–Trinajstić information content (AvgIpc) is 2.91. The van der Waals surface area contributed by atoms with Gasteiger partial charge in [0.25, 0.3) is 0 Å². The Balaban J connectivity index is 0.00000432. The van der Waals surface area contributed by atoms with E-state index in [4.69, 9.17) is 11.6 Å². The zero-order chi connectivity index (χ0) is 23.7. The molecule has 3 aromatic carbocycles. The van der Waals surface area contributed by atoms with Crippen LogP contribution in [0.5, 0.6) is 0 Å². The van der Waals surface area contributed by atoms with Gasteiger partial charge in [-0.3, -0.25) is 0 Å². The molecule has 188 valence electrons. The van der Waals surface area contributed by atoms with Gasteiger partial charge in [-0.25, -0.2) is 0 Å². The summed E-state index contributed by atoms with van der Waals surface area (Å²) in [5.74, 6) is 0.818. The minimum Gasteiger partial charge on any atom is -1.00 e. The van der Waals surface area contributed by atoms with E-state index in [-0.39, 0.29) is 24.0 Å². The standard InChI is InChI=1S/C32H41ClP.HI/c33-28-20-9-7-5-3-1-2-4-6-8-10-21-29-34(30-22-14-11-15-23-30,31-24-16-12-17-25-31)32-26-18-13-19-27-32;/h10-19,21-27H,1-9,20,28-29H2;1H/q+1;/p-1. The van der Waals surface area contributed by atoms with Crippen molar-refractivity contribution in [3.63, 3.8) is 0 Å². The van der Waals surface area contributed by atoms with E-state index in [0.717, 1.165) is 12.0 Å². The fourth-order valence-electron chi connectivity index (χ4n) is 4.76. The maximum absolute atomic E-state index is 5.75. The number of rotatable bonds is 16. The summed E-state index contributed by atoms with van der Waals surface area (Å²) in [6, 6.07) is 33.5. The molecule has 0 unspecified atom stereocenters. The predicted molar refractivity (Wildman–Crippen MR) is 156 cm³/mol. The molecule has 0 amide bonds. The van der Waals surface area contributed by atoms with Gasteiger partial charge in [0.05, 0.1) is 6.16 Å². The highest BCUT2D eigenvalue weighted by Gasteiger charge is 2.43. The molecule has 0 aliphatic rings. The molecule has 0 nitrogen and oxygen atoms in total. The number of allylic oxidation sites excluding steroid dienone is 2. The number of halogens is 2. The first-order valence-corrected chi connectivity index (χ1v) is 15.6. The fraction of sp³-hybridized carbons (Fsp3) is 0.375. The summed E-state index contributed by atoms with van der Waals surface area (Å²) < 4.78 is 0. The van der Waals surface area contributed by atoms with E-state index >= 15 is 0 Å². The molecule has 3 aromatic rings. The maximum Gasteiger partial charge on any atom is 0.115 e. The van der Waals surface area contributed by atoms with Crippen molar-refractivity contribution in [1.82, 2.24) is 0 Å². The Kier molecular flexibility index (Phi) is 15.6. The summed E-state index contributed by atoms with van der Waals surface area (Å²) in [5, 5.41) is 4.38. The molecule has 0 atom stereocenters. The third-order valence-electron chi connectivity index (χ3n) is 6.64. The van der Waals surface area contributed by atoms with Crippen LogP contribution in [0.3, 0.4) is 0 Å². The van der Waals surface area contributed by atoms with E-state index in [1.165, 1.54) is 80.1 Å². The zero-order valence-corrected chi connectivity index (χ0v) is 24.8. The summed E-state index contributed by atoms with van der Waals surface area (Å²) in [4.78, 5) is 0. The van der Waals surface area contributed by atoms with Crippen LogP contribution in [0.4, 0.5) is 0 Å². The highest BCUT2D eigenvalue weighted by Crippen LogP contribution is 2.55. The van der Waals surface area contributed by atoms with E-state index < -0.39 is 7.26 Å². The molecule has 3 rings (SSSR count). The highest BCUT2D eigenvalue weighted by molar-refractivity contribution is 7.95. The molecule has 0 radical (unpaired) electrons. The highest BCUT2D eigenvalue weighted by atomic mass is 127. The molecule has 0 fully saturated rings. The smallest absolute Gasteiger partial charge is 0.115 e. The average molecular weight is 619 g/mol. The Morgan fingerprint density at radius 1 is 0.486 bits per heavy atom. The summed E-state index contributed by atoms with van der Waals surface area (Å²) in [5.41, 5.74) is 0. The van der Waals surface area contributed by atoms with Gasteiger partial charge in [0.2, 0.25) is 0 Å². The molecule has 0 N–H and O–H groups in total. The minimum absolute atomic E-state index is 0. The number of hydrogen-bond acceptors (Lipinski definition) is 0. The van der Waals surface area contributed by atoms with Gasteiger partial charge in [-0.05, 0) is 55.7 Å². The van der Waals surface area contributed by atoms with Gasteiger partial charge in [0.1, 0.15) is 23.2 Å². The van der Waals surface area contributed by atoms with Gasteiger partial charge < -0.3 is 24.0 Å². The van der Waals surface area contributed by atoms with Crippen molar-refractivity contribution in [2.45, 2.75) is 64.2 Å². The first-order valence-electron chi connectivity index (χ1n) is 13.1. The largest absolute Gasteiger partial charge is 1.00 e. The molecule has 35 heavy (non-hydrogen) atoms. The molecular formula is C32H41ClIP. The van der Waals surface area contributed by atoms with Crippen molar-refractivity contribution in [2.75, 3.05) is 12.0 Å². The topological polar surface area (TPSA) is 0 Å². The van der Waals surface area contributed by atoms with Crippen molar-refractivity contribution in [3.8, 4) is 0 Å². The molecule has 3 heteroatoms. The van der Waals surface area contributed by atoms with Crippen molar-refractivity contribution in [1.29, 1.82) is 0 Å². The quantitative estimate of drug-likeness (QED) is 0.0637. The van der Waals surface area contributed by atoms with Crippen LogP contribution in [0.2, 0.25) is 0 Å². The number of alkyl halides is 1. The van der Waals surface area contributed by atoms with Crippen LogP contribution in [-0.2, 0) is 0 Å². The van der Waals surface area contributed by atoms with Gasteiger partial charge in [-0.1, -0.05) is 112 Å². The van der Waals surface area contributed by atoms with Crippen LogP contribution >= 0.6 is 18.9 Å². The molecule has 0 spiro atoms. The van der Waals surface area contributed by atoms with E-state index in [9.17, 15) is 0 Å². The predicted octanol–water partition coefficient (Wildman–Crippen LogP) is 5.68. The summed E-state index contributed by atoms with van der Waals surface area (Å²) in [7, 11) is -1.73. The Morgan fingerprint density at radius 3 is 1.26 bits per heavy atom. The van der Waals surface area contributed by atoms with Gasteiger partial charge >= 0.3 is 0 Å². The van der Waals surface area contributed by atoms with Gasteiger partial charge in [-0.2, -0.15) is 0 Å². The lowest BCUT2D eigenvalue weighted by Crippen LogP contribution is -3.00. The summed E-state index contributed by atoms with van der Waals surface area (Å²) in [6.07, 6.45) is 19.2. The Labute approximate surface area is 236 Å². The molecule has 0 heterocycles. The Morgan fingerprint density at radius 2 is 0.857 bits per heavy atom. The van der Waals surface area contributed by atoms with E-state index in [1.54, 1.807) is 0 Å². The summed E-state index contributed by atoms with van der Waals surface area (Å²) in [6.45, 7) is 0. The van der Waals surface area contributed by atoms with Crippen molar-refractivity contribution in [2.24, 2.45) is 0 Å². The number of unbranched alkanes of at least 4 members (excludes halogenated alkanes) is 9. The number of hydrogen-bond donors (Lipinski definition) is 0. The zero-order valence-electron chi connectivity index (χ0n) is 21.0. The first kappa shape index (κ1) is 30.1. The molecule has 0 aliphatic heterocycles. The van der Waals surface area contributed by atoms with E-state index in [2.05, 4.69) is 103 Å². The monoisotopic (exact) mass is 618 g/mol. The van der Waals surface area contributed by atoms with Gasteiger partial charge in [0.15, 0.2) is 0 Å². The van der Waals surface area contributed by atoms with Crippen LogP contribution in [-0.4, -0.2) is 12.0 Å². The minimum atomic E-state index is -1.73. The third-order valence-corrected chi connectivity index (χ3v) is 11.2. The molecule has 0 aromatic heterocycles. The lowest BCUT2D eigenvalue weighted by molar-refractivity contribution is -0.00000676. The normalized spacial score (nSPS) is 11.5.